The second-order valence-corrected chi connectivity index (χ2v) is 8.33. The van der Waals surface area contributed by atoms with Crippen LogP contribution in [-0.2, 0) is 13.0 Å². The minimum absolute atomic E-state index is 0.0225. The molecular weight excluding hydrogens is 426 g/mol. The number of fused-ring (bicyclic) bond motifs is 1. The molecule has 3 aromatic rings. The number of methoxy groups -OCH3 is 2. The van der Waals surface area contributed by atoms with Crippen molar-refractivity contribution >= 4 is 34.6 Å². The summed E-state index contributed by atoms with van der Waals surface area (Å²) in [4.78, 5) is 27.8. The summed E-state index contributed by atoms with van der Waals surface area (Å²) < 4.78 is 10.5. The summed E-state index contributed by atoms with van der Waals surface area (Å²) in [5, 5.41) is 7.64. The Kier molecular flexibility index (Phi) is 6.61. The number of thiophene rings is 1. The number of hydrogen-bond acceptors (Lipinski definition) is 5. The lowest BCUT2D eigenvalue weighted by Gasteiger charge is -2.29. The van der Waals surface area contributed by atoms with Gasteiger partial charge in [-0.1, -0.05) is 12.1 Å². The van der Waals surface area contributed by atoms with Crippen molar-refractivity contribution < 1.29 is 19.1 Å². The van der Waals surface area contributed by atoms with Gasteiger partial charge in [-0.3, -0.25) is 4.79 Å². The van der Waals surface area contributed by atoms with Gasteiger partial charge in [-0.15, -0.1) is 11.3 Å². The van der Waals surface area contributed by atoms with E-state index < -0.39 is 0 Å². The number of ether oxygens (including phenoxy) is 2. The fourth-order valence-electron chi connectivity index (χ4n) is 3.77. The van der Waals surface area contributed by atoms with Crippen LogP contribution in [0.25, 0.3) is 0 Å². The average molecular weight is 452 g/mol. The van der Waals surface area contributed by atoms with E-state index in [2.05, 4.69) is 10.6 Å². The molecule has 1 aromatic heterocycles. The molecule has 0 unspecified atom stereocenters. The number of carbonyl (C=O) groups excluding carboxylic acids is 2. The summed E-state index contributed by atoms with van der Waals surface area (Å²) in [6.07, 6.45) is 1.76. The van der Waals surface area contributed by atoms with Crippen LogP contribution < -0.4 is 25.0 Å². The highest BCUT2D eigenvalue weighted by atomic mass is 32.1. The van der Waals surface area contributed by atoms with Crippen LogP contribution in [0.3, 0.4) is 0 Å². The monoisotopic (exact) mass is 451 g/mol. The average Bonchev–Trinajstić information content (AvgIpc) is 3.36. The molecule has 8 heteroatoms. The van der Waals surface area contributed by atoms with Gasteiger partial charge in [0.15, 0.2) is 11.5 Å². The van der Waals surface area contributed by atoms with Crippen molar-refractivity contribution in [3.8, 4) is 11.5 Å². The molecule has 0 radical (unpaired) electrons. The molecular formula is C24H25N3O4S. The molecule has 0 spiro atoms. The van der Waals surface area contributed by atoms with E-state index in [1.165, 1.54) is 11.3 Å². The quantitative estimate of drug-likeness (QED) is 0.570. The van der Waals surface area contributed by atoms with E-state index in [0.29, 0.717) is 30.3 Å². The van der Waals surface area contributed by atoms with E-state index in [-0.39, 0.29) is 11.9 Å². The lowest BCUT2D eigenvalue weighted by molar-refractivity contribution is 0.0989. The molecule has 2 heterocycles. The van der Waals surface area contributed by atoms with Crippen LogP contribution in [0.2, 0.25) is 0 Å². The zero-order valence-corrected chi connectivity index (χ0v) is 18.8. The number of nitrogens with one attached hydrogen (secondary N) is 2. The summed E-state index contributed by atoms with van der Waals surface area (Å²) in [7, 11) is 3.16. The highest BCUT2D eigenvalue weighted by Gasteiger charge is 2.24. The van der Waals surface area contributed by atoms with Gasteiger partial charge < -0.3 is 25.0 Å². The number of anilines is 2. The molecule has 0 fully saturated rings. The van der Waals surface area contributed by atoms with Gasteiger partial charge in [-0.05, 0) is 65.7 Å². The summed E-state index contributed by atoms with van der Waals surface area (Å²) in [5.41, 5.74) is 3.55. The van der Waals surface area contributed by atoms with E-state index in [9.17, 15) is 9.59 Å². The standard InChI is InChI=1S/C24H25N3O4S/c1-30-20-10-7-16(13-21(20)31-2)15-25-24(29)26-18-8-9-19-17(14-18)5-3-11-27(19)23(28)22-6-4-12-32-22/h4,6-10,12-14H,3,5,11,15H2,1-2H3,(H2,25,26,29). The number of rotatable bonds is 6. The predicted octanol–water partition coefficient (Wildman–Crippen LogP) is 4.68. The highest BCUT2D eigenvalue weighted by Crippen LogP contribution is 2.31. The number of carbonyl (C=O) groups is 2. The zero-order chi connectivity index (χ0) is 22.5. The Morgan fingerprint density at radius 2 is 1.91 bits per heavy atom. The first-order chi connectivity index (χ1) is 15.6. The smallest absolute Gasteiger partial charge is 0.319 e. The largest absolute Gasteiger partial charge is 0.493 e. The number of amides is 3. The molecule has 0 atom stereocenters. The van der Waals surface area contributed by atoms with Gasteiger partial charge in [0.25, 0.3) is 5.91 Å². The first-order valence-corrected chi connectivity index (χ1v) is 11.2. The number of hydrogen-bond donors (Lipinski definition) is 2. The Hall–Kier alpha value is -3.52. The molecule has 32 heavy (non-hydrogen) atoms. The van der Waals surface area contributed by atoms with Gasteiger partial charge in [0.1, 0.15) is 0 Å². The Balaban J connectivity index is 1.40. The van der Waals surface area contributed by atoms with Crippen molar-refractivity contribution in [2.24, 2.45) is 0 Å². The van der Waals surface area contributed by atoms with Gasteiger partial charge in [-0.25, -0.2) is 4.79 Å². The molecule has 2 N–H and O–H groups in total. The van der Waals surface area contributed by atoms with Crippen molar-refractivity contribution in [2.75, 3.05) is 31.0 Å². The predicted molar refractivity (Wildman–Crippen MR) is 126 cm³/mol. The van der Waals surface area contributed by atoms with Crippen LogP contribution in [0.5, 0.6) is 11.5 Å². The maximum atomic E-state index is 12.8. The lowest BCUT2D eigenvalue weighted by atomic mass is 10.0. The molecule has 166 valence electrons. The van der Waals surface area contributed by atoms with E-state index in [4.69, 9.17) is 9.47 Å². The Labute approximate surface area is 191 Å². The maximum absolute atomic E-state index is 12.8. The van der Waals surface area contributed by atoms with Crippen molar-refractivity contribution in [1.82, 2.24) is 5.32 Å². The van der Waals surface area contributed by atoms with Crippen molar-refractivity contribution in [3.05, 3.63) is 69.9 Å². The van der Waals surface area contributed by atoms with Crippen molar-refractivity contribution in [2.45, 2.75) is 19.4 Å². The summed E-state index contributed by atoms with van der Waals surface area (Å²) >= 11 is 1.45. The molecule has 7 nitrogen and oxygen atoms in total. The van der Waals surface area contributed by atoms with Crippen LogP contribution in [-0.4, -0.2) is 32.7 Å². The Morgan fingerprint density at radius 1 is 1.06 bits per heavy atom. The van der Waals surface area contributed by atoms with Gasteiger partial charge in [0.05, 0.1) is 19.1 Å². The molecule has 0 aliphatic carbocycles. The van der Waals surface area contributed by atoms with Crippen LogP contribution in [0.1, 0.15) is 27.2 Å². The summed E-state index contributed by atoms with van der Waals surface area (Å²) in [6.45, 7) is 1.04. The topological polar surface area (TPSA) is 79.9 Å². The maximum Gasteiger partial charge on any atom is 0.319 e. The zero-order valence-electron chi connectivity index (χ0n) is 18.0. The molecule has 1 aliphatic rings. The molecule has 4 rings (SSSR count). The number of benzene rings is 2. The normalized spacial score (nSPS) is 12.6. The molecule has 0 saturated carbocycles. The van der Waals surface area contributed by atoms with Crippen LogP contribution in [0.15, 0.2) is 53.9 Å². The fraction of sp³-hybridized carbons (Fsp3) is 0.250. The van der Waals surface area contributed by atoms with E-state index in [1.807, 2.05) is 52.7 Å². The van der Waals surface area contributed by atoms with Gasteiger partial charge in [0.2, 0.25) is 0 Å². The molecule has 2 aromatic carbocycles. The highest BCUT2D eigenvalue weighted by molar-refractivity contribution is 7.12. The first kappa shape index (κ1) is 21.7. The number of aryl methyl sites for hydroxylation is 1. The molecule has 1 aliphatic heterocycles. The minimum atomic E-state index is -0.304. The summed E-state index contributed by atoms with van der Waals surface area (Å²) in [6, 6.07) is 14.6. The SMILES string of the molecule is COc1ccc(CNC(=O)Nc2ccc3c(c2)CCCN3C(=O)c2cccs2)cc1OC. The number of urea groups is 1. The van der Waals surface area contributed by atoms with Gasteiger partial charge in [0, 0.05) is 24.5 Å². The second kappa shape index (κ2) is 9.74. The van der Waals surface area contributed by atoms with E-state index in [1.54, 1.807) is 20.3 Å². The third-order valence-corrected chi connectivity index (χ3v) is 6.19. The van der Waals surface area contributed by atoms with E-state index >= 15 is 0 Å². The van der Waals surface area contributed by atoms with Crippen molar-refractivity contribution in [1.29, 1.82) is 0 Å². The van der Waals surface area contributed by atoms with Gasteiger partial charge in [-0.2, -0.15) is 0 Å². The molecule has 0 bridgehead atoms. The van der Waals surface area contributed by atoms with Crippen molar-refractivity contribution in [3.63, 3.8) is 0 Å². The third-order valence-electron chi connectivity index (χ3n) is 5.33. The lowest BCUT2D eigenvalue weighted by Crippen LogP contribution is -2.35. The Bertz CT molecular complexity index is 1110. The van der Waals surface area contributed by atoms with Gasteiger partial charge >= 0.3 is 6.03 Å². The fourth-order valence-corrected chi connectivity index (χ4v) is 4.44. The van der Waals surface area contributed by atoms with Crippen LogP contribution >= 0.6 is 11.3 Å². The molecule has 3 amide bonds. The van der Waals surface area contributed by atoms with E-state index in [0.717, 1.165) is 34.5 Å². The summed E-state index contributed by atoms with van der Waals surface area (Å²) in [5.74, 6) is 1.28. The molecule has 0 saturated heterocycles. The minimum Gasteiger partial charge on any atom is -0.493 e. The second-order valence-electron chi connectivity index (χ2n) is 7.38. The first-order valence-electron chi connectivity index (χ1n) is 10.3. The third kappa shape index (κ3) is 4.70. The van der Waals surface area contributed by atoms with Crippen LogP contribution in [0, 0.1) is 0 Å². The number of nitrogens with zero attached hydrogens (tertiary/aromatic N) is 1. The van der Waals surface area contributed by atoms with Crippen LogP contribution in [0.4, 0.5) is 16.2 Å². The Morgan fingerprint density at radius 3 is 2.66 bits per heavy atom.